The molecule has 0 aliphatic heterocycles. The lowest BCUT2D eigenvalue weighted by Gasteiger charge is -2.29. The van der Waals surface area contributed by atoms with Gasteiger partial charge in [0.05, 0.1) is 11.7 Å². The minimum absolute atomic E-state index is 0.237. The molecule has 1 heterocycles. The summed E-state index contributed by atoms with van der Waals surface area (Å²) in [5.74, 6) is 1.91. The predicted octanol–water partition coefficient (Wildman–Crippen LogP) is 3.63. The summed E-state index contributed by atoms with van der Waals surface area (Å²) in [5, 5.41) is 23.7. The van der Waals surface area contributed by atoms with Gasteiger partial charge >= 0.3 is 0 Å². The highest BCUT2D eigenvalue weighted by Gasteiger charge is 2.29. The Bertz CT molecular complexity index is 437. The summed E-state index contributed by atoms with van der Waals surface area (Å²) in [6.45, 7) is 8.74. The number of aliphatic hydroxyl groups excluding tert-OH is 1. The van der Waals surface area contributed by atoms with Crippen LogP contribution in [0.2, 0.25) is 0 Å². The average Bonchev–Trinajstić information content (AvgIpc) is 2.53. The number of hydrogen-bond acceptors (Lipinski definition) is 5. The molecule has 0 aliphatic rings. The van der Waals surface area contributed by atoms with Crippen LogP contribution in [-0.2, 0) is 0 Å². The largest absolute Gasteiger partial charge is 0.388 e. The lowest BCUT2D eigenvalue weighted by atomic mass is 9.89. The Balaban J connectivity index is 2.24. The third-order valence-electron chi connectivity index (χ3n) is 4.60. The van der Waals surface area contributed by atoms with E-state index in [4.69, 9.17) is 0 Å². The van der Waals surface area contributed by atoms with Crippen LogP contribution in [-0.4, -0.2) is 38.4 Å². The topological polar surface area (TPSA) is 78.3 Å². The summed E-state index contributed by atoms with van der Waals surface area (Å²) in [6, 6.07) is 1.74. The maximum absolute atomic E-state index is 10.5. The van der Waals surface area contributed by atoms with Crippen LogP contribution in [0.1, 0.15) is 66.2 Å². The molecule has 0 saturated heterocycles. The Labute approximate surface area is 146 Å². The van der Waals surface area contributed by atoms with Crippen molar-refractivity contribution in [1.29, 1.82) is 0 Å². The van der Waals surface area contributed by atoms with Crippen molar-refractivity contribution in [1.82, 2.24) is 9.97 Å². The Morgan fingerprint density at radius 3 is 2.33 bits per heavy atom. The van der Waals surface area contributed by atoms with Gasteiger partial charge in [-0.25, -0.2) is 9.97 Å². The predicted molar refractivity (Wildman–Crippen MR) is 98.9 cm³/mol. The number of anilines is 1. The molecule has 0 saturated carbocycles. The third-order valence-corrected chi connectivity index (χ3v) is 4.60. The van der Waals surface area contributed by atoms with Crippen molar-refractivity contribution in [3.63, 3.8) is 0 Å². The maximum atomic E-state index is 10.5. The van der Waals surface area contributed by atoms with E-state index in [-0.39, 0.29) is 6.54 Å². The number of aromatic nitrogens is 2. The van der Waals surface area contributed by atoms with Crippen molar-refractivity contribution in [2.24, 2.45) is 11.8 Å². The van der Waals surface area contributed by atoms with Crippen molar-refractivity contribution < 1.29 is 10.2 Å². The third kappa shape index (κ3) is 8.60. The van der Waals surface area contributed by atoms with Crippen molar-refractivity contribution in [2.75, 3.05) is 11.9 Å². The lowest BCUT2D eigenvalue weighted by molar-refractivity contribution is -0.0617. The van der Waals surface area contributed by atoms with Crippen LogP contribution in [0.4, 0.5) is 5.95 Å². The molecule has 0 bridgehead atoms. The number of aliphatic hydroxyl groups is 2. The van der Waals surface area contributed by atoms with Gasteiger partial charge in [-0.15, -0.1) is 0 Å². The molecule has 1 rings (SSSR count). The first-order chi connectivity index (χ1) is 11.3. The second kappa shape index (κ2) is 10.6. The summed E-state index contributed by atoms with van der Waals surface area (Å²) < 4.78 is 0. The van der Waals surface area contributed by atoms with Crippen LogP contribution in [0, 0.1) is 11.8 Å². The van der Waals surface area contributed by atoms with Gasteiger partial charge in [0, 0.05) is 18.9 Å². The van der Waals surface area contributed by atoms with E-state index < -0.39 is 11.7 Å². The second-order valence-corrected chi connectivity index (χ2v) is 7.65. The maximum Gasteiger partial charge on any atom is 0.222 e. The summed E-state index contributed by atoms with van der Waals surface area (Å²) in [5.41, 5.74) is -1.10. The van der Waals surface area contributed by atoms with E-state index in [1.165, 1.54) is 19.3 Å². The summed E-state index contributed by atoms with van der Waals surface area (Å²) in [6.07, 6.45) is 8.85. The van der Waals surface area contributed by atoms with E-state index in [2.05, 4.69) is 36.1 Å². The molecule has 0 radical (unpaired) electrons. The number of nitrogens with one attached hydrogen (secondary N) is 1. The van der Waals surface area contributed by atoms with E-state index in [1.54, 1.807) is 25.4 Å². The van der Waals surface area contributed by atoms with Gasteiger partial charge in [0.25, 0.3) is 0 Å². The van der Waals surface area contributed by atoms with Crippen LogP contribution in [0.25, 0.3) is 0 Å². The first-order valence-electron chi connectivity index (χ1n) is 9.22. The highest BCUT2D eigenvalue weighted by molar-refractivity contribution is 5.22. The molecular weight excluding hydrogens is 302 g/mol. The Morgan fingerprint density at radius 1 is 1.08 bits per heavy atom. The molecule has 5 nitrogen and oxygen atoms in total. The molecule has 0 amide bonds. The minimum atomic E-state index is -1.10. The molecule has 0 aromatic carbocycles. The molecule has 3 atom stereocenters. The first-order valence-corrected chi connectivity index (χ1v) is 9.22. The van der Waals surface area contributed by atoms with E-state index >= 15 is 0 Å². The van der Waals surface area contributed by atoms with E-state index in [1.807, 2.05) is 0 Å². The summed E-state index contributed by atoms with van der Waals surface area (Å²) in [7, 11) is 0. The number of hydrogen-bond donors (Lipinski definition) is 3. The van der Waals surface area contributed by atoms with Crippen LogP contribution in [0.3, 0.4) is 0 Å². The van der Waals surface area contributed by atoms with Crippen LogP contribution in [0.15, 0.2) is 18.5 Å². The molecule has 138 valence electrons. The molecule has 1 aromatic heterocycles. The van der Waals surface area contributed by atoms with Gasteiger partial charge in [-0.2, -0.15) is 0 Å². The van der Waals surface area contributed by atoms with Gasteiger partial charge in [-0.3, -0.25) is 0 Å². The van der Waals surface area contributed by atoms with Gasteiger partial charge in [-0.05, 0) is 31.2 Å². The minimum Gasteiger partial charge on any atom is -0.388 e. The molecule has 0 aliphatic carbocycles. The monoisotopic (exact) mass is 337 g/mol. The molecule has 5 heteroatoms. The quantitative estimate of drug-likeness (QED) is 0.543. The van der Waals surface area contributed by atoms with E-state index in [9.17, 15) is 10.2 Å². The average molecular weight is 338 g/mol. The molecule has 24 heavy (non-hydrogen) atoms. The van der Waals surface area contributed by atoms with Gasteiger partial charge in [0.1, 0.15) is 0 Å². The van der Waals surface area contributed by atoms with Crippen molar-refractivity contribution in [2.45, 2.75) is 77.9 Å². The highest BCUT2D eigenvalue weighted by Crippen LogP contribution is 2.23. The molecule has 0 fully saturated rings. The van der Waals surface area contributed by atoms with Crippen LogP contribution in [0.5, 0.6) is 0 Å². The highest BCUT2D eigenvalue weighted by atomic mass is 16.3. The summed E-state index contributed by atoms with van der Waals surface area (Å²) >= 11 is 0. The summed E-state index contributed by atoms with van der Waals surface area (Å²) in [4.78, 5) is 8.09. The Hall–Kier alpha value is -1.20. The molecule has 1 aromatic rings. The van der Waals surface area contributed by atoms with Gasteiger partial charge in [-0.1, -0.05) is 52.9 Å². The zero-order valence-electron chi connectivity index (χ0n) is 15.7. The normalized spacial score (nSPS) is 16.6. The number of rotatable bonds is 12. The van der Waals surface area contributed by atoms with Gasteiger partial charge in [0.15, 0.2) is 0 Å². The SMILES string of the molecule is CC(C)CCCC(C)CCCC(C)(O)C(O)CNc1ncccn1. The molecule has 3 N–H and O–H groups in total. The fourth-order valence-corrected chi connectivity index (χ4v) is 2.79. The zero-order chi connectivity index (χ0) is 18.0. The van der Waals surface area contributed by atoms with Crippen molar-refractivity contribution in [3.05, 3.63) is 18.5 Å². The van der Waals surface area contributed by atoms with Crippen molar-refractivity contribution in [3.8, 4) is 0 Å². The Kier molecular flexibility index (Phi) is 9.22. The van der Waals surface area contributed by atoms with Gasteiger partial charge in [0.2, 0.25) is 5.95 Å². The fourth-order valence-electron chi connectivity index (χ4n) is 2.79. The second-order valence-electron chi connectivity index (χ2n) is 7.65. The standard InChI is InChI=1S/C19H35N3O2/c1-15(2)8-5-9-16(3)10-6-11-19(4,24)17(23)14-22-18-20-12-7-13-21-18/h7,12-13,15-17,23-24H,5-6,8-11,14H2,1-4H3,(H,20,21,22). The van der Waals surface area contributed by atoms with Crippen molar-refractivity contribution >= 4 is 5.95 Å². The van der Waals surface area contributed by atoms with Gasteiger partial charge < -0.3 is 15.5 Å². The molecule has 3 unspecified atom stereocenters. The van der Waals surface area contributed by atoms with E-state index in [0.717, 1.165) is 18.8 Å². The fraction of sp³-hybridized carbons (Fsp3) is 0.789. The number of nitrogens with zero attached hydrogens (tertiary/aromatic N) is 2. The molecule has 0 spiro atoms. The Morgan fingerprint density at radius 2 is 1.71 bits per heavy atom. The zero-order valence-corrected chi connectivity index (χ0v) is 15.7. The van der Waals surface area contributed by atoms with E-state index in [0.29, 0.717) is 18.3 Å². The smallest absolute Gasteiger partial charge is 0.222 e. The lowest BCUT2D eigenvalue weighted by Crippen LogP contribution is -2.43. The van der Waals surface area contributed by atoms with Crippen LogP contribution >= 0.6 is 0 Å². The van der Waals surface area contributed by atoms with Crippen LogP contribution < -0.4 is 5.32 Å². The molecular formula is C19H35N3O2. The first kappa shape index (κ1) is 20.8.